The average molecular weight is 268 g/mol. The van der Waals surface area contributed by atoms with Crippen LogP contribution in [0.3, 0.4) is 0 Å². The number of methoxy groups -OCH3 is 1. The fourth-order valence-corrected chi connectivity index (χ4v) is 3.04. The molecule has 0 aromatic rings. The monoisotopic (exact) mass is 268 g/mol. The largest absolute Gasteiger partial charge is 0.469 e. The first-order valence-electron chi connectivity index (χ1n) is 7.33. The molecule has 1 unspecified atom stereocenters. The Morgan fingerprint density at radius 2 is 2.00 bits per heavy atom. The first-order valence-corrected chi connectivity index (χ1v) is 7.33. The minimum absolute atomic E-state index is 0.0254. The second-order valence-electron chi connectivity index (χ2n) is 5.46. The van der Waals surface area contributed by atoms with Crippen molar-refractivity contribution < 1.29 is 14.3 Å². The van der Waals surface area contributed by atoms with E-state index >= 15 is 0 Å². The highest BCUT2D eigenvalue weighted by Gasteiger charge is 2.33. The number of hydrogen-bond donors (Lipinski definition) is 1. The molecule has 0 aromatic carbocycles. The molecule has 0 saturated carbocycles. The molecule has 0 radical (unpaired) electrons. The molecule has 0 spiro atoms. The van der Waals surface area contributed by atoms with Gasteiger partial charge in [-0.25, -0.2) is 0 Å². The molecular formula is C14H24N2O3. The number of hydrogen-bond acceptors (Lipinski definition) is 4. The second kappa shape index (κ2) is 6.89. The Balaban J connectivity index is 1.97. The van der Waals surface area contributed by atoms with Gasteiger partial charge >= 0.3 is 5.97 Å². The Morgan fingerprint density at radius 3 is 2.68 bits per heavy atom. The zero-order chi connectivity index (χ0) is 13.7. The molecule has 2 aliphatic rings. The van der Waals surface area contributed by atoms with E-state index in [0.29, 0.717) is 6.42 Å². The predicted octanol–water partition coefficient (Wildman–Crippen LogP) is 1.07. The molecule has 2 rings (SSSR count). The molecule has 2 atom stereocenters. The van der Waals surface area contributed by atoms with E-state index in [1.54, 1.807) is 0 Å². The average Bonchev–Trinajstić information content (AvgIpc) is 2.48. The SMILES string of the molecule is COC(=O)CC1CCCCN1C(=O)[C@@H]1CCCCN1. The summed E-state index contributed by atoms with van der Waals surface area (Å²) in [5, 5.41) is 3.30. The van der Waals surface area contributed by atoms with Gasteiger partial charge in [-0.05, 0) is 38.6 Å². The molecule has 5 nitrogen and oxygen atoms in total. The summed E-state index contributed by atoms with van der Waals surface area (Å²) in [6, 6.07) is -0.0237. The van der Waals surface area contributed by atoms with E-state index in [4.69, 9.17) is 4.74 Å². The van der Waals surface area contributed by atoms with Gasteiger partial charge in [0, 0.05) is 12.6 Å². The van der Waals surface area contributed by atoms with Crippen molar-refractivity contribution in [2.45, 2.75) is 57.0 Å². The van der Waals surface area contributed by atoms with Gasteiger partial charge in [0.25, 0.3) is 0 Å². The molecule has 1 N–H and O–H groups in total. The molecule has 0 aromatic heterocycles. The molecule has 2 aliphatic heterocycles. The van der Waals surface area contributed by atoms with Crippen LogP contribution in [0.1, 0.15) is 44.9 Å². The Kier molecular flexibility index (Phi) is 5.19. The van der Waals surface area contributed by atoms with E-state index in [1.165, 1.54) is 7.11 Å². The predicted molar refractivity (Wildman–Crippen MR) is 71.6 cm³/mol. The van der Waals surface area contributed by atoms with Crippen LogP contribution in [0.2, 0.25) is 0 Å². The number of rotatable bonds is 3. The van der Waals surface area contributed by atoms with Crippen molar-refractivity contribution >= 4 is 11.9 Å². The van der Waals surface area contributed by atoms with Gasteiger partial charge in [0.15, 0.2) is 0 Å². The van der Waals surface area contributed by atoms with Crippen molar-refractivity contribution in [1.82, 2.24) is 10.2 Å². The van der Waals surface area contributed by atoms with Crippen LogP contribution in [0.4, 0.5) is 0 Å². The maximum Gasteiger partial charge on any atom is 0.307 e. The zero-order valence-electron chi connectivity index (χ0n) is 11.7. The van der Waals surface area contributed by atoms with Gasteiger partial charge in [-0.15, -0.1) is 0 Å². The minimum atomic E-state index is -0.221. The number of esters is 1. The maximum atomic E-state index is 12.5. The second-order valence-corrected chi connectivity index (χ2v) is 5.46. The lowest BCUT2D eigenvalue weighted by Crippen LogP contribution is -2.53. The Hall–Kier alpha value is -1.10. The first-order chi connectivity index (χ1) is 9.22. The number of carbonyl (C=O) groups is 2. The molecule has 19 heavy (non-hydrogen) atoms. The van der Waals surface area contributed by atoms with Gasteiger partial charge in [0.1, 0.15) is 0 Å². The van der Waals surface area contributed by atoms with Gasteiger partial charge in [0.2, 0.25) is 5.91 Å². The van der Waals surface area contributed by atoms with Crippen LogP contribution < -0.4 is 5.32 Å². The summed E-state index contributed by atoms with van der Waals surface area (Å²) < 4.78 is 4.73. The lowest BCUT2D eigenvalue weighted by atomic mass is 9.96. The van der Waals surface area contributed by atoms with E-state index in [0.717, 1.165) is 51.6 Å². The summed E-state index contributed by atoms with van der Waals surface area (Å²) in [5.74, 6) is -0.0467. The molecule has 0 aliphatic carbocycles. The van der Waals surface area contributed by atoms with Crippen molar-refractivity contribution in [3.63, 3.8) is 0 Å². The summed E-state index contributed by atoms with van der Waals surface area (Å²) in [6.07, 6.45) is 6.54. The molecular weight excluding hydrogens is 244 g/mol. The summed E-state index contributed by atoms with van der Waals surface area (Å²) in [7, 11) is 1.40. The third kappa shape index (κ3) is 3.69. The van der Waals surface area contributed by atoms with Crippen LogP contribution in [-0.4, -0.2) is 49.1 Å². The highest BCUT2D eigenvalue weighted by molar-refractivity contribution is 5.83. The Morgan fingerprint density at radius 1 is 1.21 bits per heavy atom. The summed E-state index contributed by atoms with van der Waals surface area (Å²) in [5.41, 5.74) is 0. The van der Waals surface area contributed by atoms with Crippen LogP contribution in [0.15, 0.2) is 0 Å². The molecule has 108 valence electrons. The minimum Gasteiger partial charge on any atom is -0.469 e. The molecule has 0 bridgehead atoms. The van der Waals surface area contributed by atoms with Crippen LogP contribution in [0.5, 0.6) is 0 Å². The number of carbonyl (C=O) groups excluding carboxylic acids is 2. The zero-order valence-corrected chi connectivity index (χ0v) is 11.7. The maximum absolute atomic E-state index is 12.5. The number of piperidine rings is 2. The number of amides is 1. The lowest BCUT2D eigenvalue weighted by Gasteiger charge is -2.38. The van der Waals surface area contributed by atoms with Crippen molar-refractivity contribution in [2.75, 3.05) is 20.2 Å². The van der Waals surface area contributed by atoms with Crippen LogP contribution >= 0.6 is 0 Å². The van der Waals surface area contributed by atoms with E-state index in [-0.39, 0.29) is 24.0 Å². The molecule has 2 fully saturated rings. The number of ether oxygens (including phenoxy) is 1. The first kappa shape index (κ1) is 14.3. The quantitative estimate of drug-likeness (QED) is 0.778. The Labute approximate surface area is 114 Å². The highest BCUT2D eigenvalue weighted by Crippen LogP contribution is 2.22. The smallest absolute Gasteiger partial charge is 0.307 e. The van der Waals surface area contributed by atoms with E-state index < -0.39 is 0 Å². The standard InChI is InChI=1S/C14H24N2O3/c1-19-13(17)10-11-6-3-5-9-16(11)14(18)12-7-2-4-8-15-12/h11-12,15H,2-10H2,1H3/t11?,12-/m0/s1. The Bertz CT molecular complexity index is 327. The van der Waals surface area contributed by atoms with Crippen molar-refractivity contribution in [3.05, 3.63) is 0 Å². The van der Waals surface area contributed by atoms with Crippen molar-refractivity contribution in [1.29, 1.82) is 0 Å². The van der Waals surface area contributed by atoms with Crippen LogP contribution in [0.25, 0.3) is 0 Å². The van der Waals surface area contributed by atoms with Crippen LogP contribution in [0, 0.1) is 0 Å². The van der Waals surface area contributed by atoms with E-state index in [2.05, 4.69) is 5.32 Å². The molecule has 2 saturated heterocycles. The fourth-order valence-electron chi connectivity index (χ4n) is 3.04. The third-order valence-electron chi connectivity index (χ3n) is 4.15. The lowest BCUT2D eigenvalue weighted by molar-refractivity contribution is -0.145. The van der Waals surface area contributed by atoms with Crippen molar-refractivity contribution in [2.24, 2.45) is 0 Å². The van der Waals surface area contributed by atoms with Gasteiger partial charge in [-0.2, -0.15) is 0 Å². The van der Waals surface area contributed by atoms with Gasteiger partial charge < -0.3 is 15.0 Å². The fraction of sp³-hybridized carbons (Fsp3) is 0.857. The number of nitrogens with one attached hydrogen (secondary N) is 1. The number of nitrogens with zero attached hydrogens (tertiary/aromatic N) is 1. The highest BCUT2D eigenvalue weighted by atomic mass is 16.5. The summed E-state index contributed by atoms with van der Waals surface area (Å²) in [4.78, 5) is 25.9. The third-order valence-corrected chi connectivity index (χ3v) is 4.15. The summed E-state index contributed by atoms with van der Waals surface area (Å²) >= 11 is 0. The number of likely N-dealkylation sites (tertiary alicyclic amines) is 1. The molecule has 5 heteroatoms. The normalized spacial score (nSPS) is 27.9. The van der Waals surface area contributed by atoms with E-state index in [1.807, 2.05) is 4.90 Å². The molecule has 1 amide bonds. The van der Waals surface area contributed by atoms with Crippen LogP contribution in [-0.2, 0) is 14.3 Å². The summed E-state index contributed by atoms with van der Waals surface area (Å²) in [6.45, 7) is 1.70. The molecule has 2 heterocycles. The topological polar surface area (TPSA) is 58.6 Å². The van der Waals surface area contributed by atoms with Crippen molar-refractivity contribution in [3.8, 4) is 0 Å². The van der Waals surface area contributed by atoms with E-state index in [9.17, 15) is 9.59 Å². The van der Waals surface area contributed by atoms with Gasteiger partial charge in [0.05, 0.1) is 19.6 Å². The van der Waals surface area contributed by atoms with Gasteiger partial charge in [-0.3, -0.25) is 9.59 Å². The van der Waals surface area contributed by atoms with Gasteiger partial charge in [-0.1, -0.05) is 6.42 Å².